The van der Waals surface area contributed by atoms with Crippen LogP contribution in [0, 0.1) is 0 Å². The molecule has 7 unspecified atom stereocenters. The van der Waals surface area contributed by atoms with E-state index in [1.165, 1.54) is 0 Å². The Hall–Kier alpha value is 0.495. The van der Waals surface area contributed by atoms with Gasteiger partial charge < -0.3 is 52.9 Å². The lowest BCUT2D eigenvalue weighted by molar-refractivity contribution is -0.252. The van der Waals surface area contributed by atoms with Crippen LogP contribution in [0.5, 0.6) is 0 Å². The van der Waals surface area contributed by atoms with Crippen molar-refractivity contribution in [3.8, 4) is 0 Å². The van der Waals surface area contributed by atoms with Gasteiger partial charge in [0.05, 0.1) is 33.0 Å². The third-order valence-corrected chi connectivity index (χ3v) is 9.34. The van der Waals surface area contributed by atoms with Crippen molar-refractivity contribution in [3.05, 3.63) is 0 Å². The first kappa shape index (κ1) is 31.0. The lowest BCUT2D eigenvalue weighted by atomic mass is 9.16. The van der Waals surface area contributed by atoms with Crippen LogP contribution in [0.1, 0.15) is 6.92 Å². The Labute approximate surface area is 210 Å². The molecule has 0 aromatic rings. The molecule has 7 radical (unpaired) electrons. The van der Waals surface area contributed by atoms with Crippen molar-refractivity contribution in [3.63, 3.8) is 0 Å². The molecule has 0 amide bonds. The number of aliphatic hydroxyl groups excluding tert-OH is 2. The molecule has 36 heavy (non-hydrogen) atoms. The Morgan fingerprint density at radius 3 is 1.89 bits per heavy atom. The van der Waals surface area contributed by atoms with E-state index in [2.05, 4.69) is 17.7 Å². The van der Waals surface area contributed by atoms with Crippen LogP contribution < -0.4 is 14.7 Å². The molecule has 16 nitrogen and oxygen atoms in total. The van der Waals surface area contributed by atoms with Crippen LogP contribution in [0.3, 0.4) is 0 Å². The van der Waals surface area contributed by atoms with Gasteiger partial charge in [0.2, 0.25) is 0 Å². The van der Waals surface area contributed by atoms with Gasteiger partial charge in [-0.05, 0) is 6.92 Å². The highest BCUT2D eigenvalue weighted by Gasteiger charge is 2.52. The Balaban J connectivity index is 1.52. The molecular formula is C12H18B5O16P3-3. The van der Waals surface area contributed by atoms with E-state index in [-0.39, 0.29) is 0 Å². The zero-order chi connectivity index (χ0) is 27.1. The lowest BCUT2D eigenvalue weighted by Gasteiger charge is -2.35. The van der Waals surface area contributed by atoms with Gasteiger partial charge in [-0.1, -0.05) is 0 Å². The molecule has 0 aromatic heterocycles. The fourth-order valence-electron chi connectivity index (χ4n) is 3.70. The van der Waals surface area contributed by atoms with Crippen LogP contribution in [-0.2, 0) is 50.3 Å². The molecule has 195 valence electrons. The fourth-order valence-corrected chi connectivity index (χ4v) is 7.09. The van der Waals surface area contributed by atoms with E-state index in [0.29, 0.717) is 0 Å². The first-order valence-corrected chi connectivity index (χ1v) is 14.6. The molecule has 0 saturated carbocycles. The predicted octanol–water partition coefficient (Wildman–Crippen LogP) is -5.05. The van der Waals surface area contributed by atoms with Crippen molar-refractivity contribution < 1.29 is 75.2 Å². The average Bonchev–Trinajstić information content (AvgIpc) is 3.35. The zero-order valence-electron chi connectivity index (χ0n) is 18.4. The largest absolute Gasteiger partial charge is 0.756 e. The number of fused-ring (bicyclic) bond motifs is 1. The lowest BCUT2D eigenvalue weighted by Crippen LogP contribution is -2.42. The Morgan fingerprint density at radius 2 is 1.39 bits per heavy atom. The van der Waals surface area contributed by atoms with Crippen molar-refractivity contribution in [1.82, 2.24) is 0 Å². The molecule has 3 saturated heterocycles. The molecule has 24 heteroatoms. The molecule has 3 rings (SSSR count). The maximum Gasteiger partial charge on any atom is 0.280 e. The second kappa shape index (κ2) is 11.9. The van der Waals surface area contributed by atoms with Gasteiger partial charge in [-0.25, -0.2) is 8.62 Å². The van der Waals surface area contributed by atoms with Crippen molar-refractivity contribution in [1.29, 1.82) is 0 Å². The van der Waals surface area contributed by atoms with Crippen molar-refractivity contribution in [2.24, 2.45) is 0 Å². The molecule has 3 heterocycles. The van der Waals surface area contributed by atoms with Gasteiger partial charge in [0.1, 0.15) is 30.5 Å². The number of hydrogen-bond donors (Lipinski definition) is 2. The summed E-state index contributed by atoms with van der Waals surface area (Å²) in [5.74, 6) is 0. The van der Waals surface area contributed by atoms with Gasteiger partial charge in [-0.2, -0.15) is 0 Å². The Bertz CT molecular complexity index is 916. The van der Waals surface area contributed by atoms with E-state index < -0.39 is 98.1 Å². The van der Waals surface area contributed by atoms with Crippen molar-refractivity contribution in [2.75, 3.05) is 13.2 Å². The minimum absolute atomic E-state index is 0.692. The van der Waals surface area contributed by atoms with Crippen LogP contribution in [0.2, 0.25) is 0 Å². The van der Waals surface area contributed by atoms with E-state index in [1.54, 1.807) is 6.92 Å². The summed E-state index contributed by atoms with van der Waals surface area (Å²) in [5.41, 5.74) is 0. The van der Waals surface area contributed by atoms with Gasteiger partial charge in [-0.15, -0.1) is 0 Å². The minimum atomic E-state index is -6.13. The standard InChI is InChI=1S/C12H21B5O16P3/c1-4-28-9-6(31-12(17(14)15)10(9)29-4)3-27-35(22,23)33-36(24,25)32-34(20,21)26-2-5-7(18)8(19)11(16-13)30-5/h4-12,18-19H,2-3H2,1H3,(H,20,21)(H,22,23)(H,24,25)/p-3/t4?,5-,6-,7?,8?,9?,10+,11-,12-/m1/s1. The Morgan fingerprint density at radius 1 is 0.861 bits per heavy atom. The number of phosphoric ester groups is 2. The number of rotatable bonds is 12. The highest BCUT2D eigenvalue weighted by atomic mass is 31.3. The van der Waals surface area contributed by atoms with Gasteiger partial charge in [0, 0.05) is 35.2 Å². The molecule has 0 spiro atoms. The second-order valence-electron chi connectivity index (χ2n) is 7.89. The molecule has 12 atom stereocenters. The van der Waals surface area contributed by atoms with Gasteiger partial charge >= 0.3 is 0 Å². The average molecular weight is 565 g/mol. The smallest absolute Gasteiger partial charge is 0.280 e. The van der Waals surface area contributed by atoms with Gasteiger partial charge in [0.15, 0.2) is 6.29 Å². The molecule has 3 aliphatic heterocycles. The second-order valence-corrected chi connectivity index (χ2v) is 12.4. The molecule has 2 N–H and O–H groups in total. The third-order valence-electron chi connectivity index (χ3n) is 5.21. The number of aliphatic hydroxyl groups is 2. The Kier molecular flexibility index (Phi) is 10.3. The first-order valence-electron chi connectivity index (χ1n) is 10.2. The predicted molar refractivity (Wildman–Crippen MR) is 114 cm³/mol. The number of hydrogen-bond acceptors (Lipinski definition) is 16. The topological polar surface area (TPSA) is 235 Å². The summed E-state index contributed by atoms with van der Waals surface area (Å²) in [5, 5.41) is 19.4. The first-order chi connectivity index (χ1) is 16.5. The highest BCUT2D eigenvalue weighted by molar-refractivity contribution is 7.65. The van der Waals surface area contributed by atoms with E-state index in [1.807, 2.05) is 0 Å². The zero-order valence-corrected chi connectivity index (χ0v) is 21.1. The summed E-state index contributed by atoms with van der Waals surface area (Å²) in [6.07, 6.45) is -8.00. The van der Waals surface area contributed by atoms with Crippen molar-refractivity contribution in [2.45, 2.75) is 61.8 Å². The van der Waals surface area contributed by atoms with E-state index >= 15 is 0 Å². The van der Waals surface area contributed by atoms with Crippen LogP contribution in [0.25, 0.3) is 0 Å². The summed E-state index contributed by atoms with van der Waals surface area (Å²) in [4.78, 5) is 35.7. The minimum Gasteiger partial charge on any atom is -0.756 e. The van der Waals surface area contributed by atoms with Crippen LogP contribution in [0.15, 0.2) is 0 Å². The SMILES string of the molecule is [B][B][C@@H]1O[C@H](COP(=O)([O-])OP(=O)([O-])OP(=O)([O-])OC[C@H]2O[C@@H](B([B])[B])[C@H]3OC(C)OC23)C(O)C1O. The normalized spacial score (nSPS) is 41.2. The van der Waals surface area contributed by atoms with E-state index in [0.717, 1.165) is 7.17 Å². The summed E-state index contributed by atoms with van der Waals surface area (Å²) in [6, 6.07) is -2.04. The molecule has 0 bridgehead atoms. The maximum absolute atomic E-state index is 12.0. The number of ether oxygens (including phenoxy) is 4. The van der Waals surface area contributed by atoms with E-state index in [9.17, 15) is 38.6 Å². The molecule has 3 aliphatic rings. The molecule has 0 aromatic carbocycles. The number of phosphoric acid groups is 3. The summed E-state index contributed by atoms with van der Waals surface area (Å²) < 4.78 is 73.3. The van der Waals surface area contributed by atoms with Crippen LogP contribution in [0.4, 0.5) is 0 Å². The fraction of sp³-hybridized carbons (Fsp3) is 1.00. The summed E-state index contributed by atoms with van der Waals surface area (Å²) in [7, 11) is -0.347. The van der Waals surface area contributed by atoms with Crippen molar-refractivity contribution >= 4 is 60.3 Å². The monoisotopic (exact) mass is 566 g/mol. The molecule has 0 aliphatic carbocycles. The third kappa shape index (κ3) is 7.79. The van der Waals surface area contributed by atoms with Gasteiger partial charge in [0.25, 0.3) is 23.5 Å². The van der Waals surface area contributed by atoms with Gasteiger partial charge in [-0.3, -0.25) is 13.7 Å². The highest BCUT2D eigenvalue weighted by Crippen LogP contribution is 2.63. The summed E-state index contributed by atoms with van der Waals surface area (Å²) >= 11 is 0. The molecule has 3 fully saturated rings. The van der Waals surface area contributed by atoms with Crippen LogP contribution in [-0.4, -0.2) is 115 Å². The maximum atomic E-state index is 12.0. The van der Waals surface area contributed by atoms with E-state index in [4.69, 9.17) is 42.2 Å². The molecular weight excluding hydrogens is 547 g/mol. The van der Waals surface area contributed by atoms with Crippen LogP contribution >= 0.6 is 23.5 Å². The summed E-state index contributed by atoms with van der Waals surface area (Å²) in [6.45, 7) is -1.30. The quantitative estimate of drug-likeness (QED) is 0.166.